The molecule has 0 spiro atoms. The highest BCUT2D eigenvalue weighted by atomic mass is 32.2. The maximum absolute atomic E-state index is 12.0. The van der Waals surface area contributed by atoms with E-state index >= 15 is 0 Å². The van der Waals surface area contributed by atoms with Gasteiger partial charge in [0, 0.05) is 4.90 Å². The Kier molecular flexibility index (Phi) is 4.91. The van der Waals surface area contributed by atoms with Crippen LogP contribution in [0, 0.1) is 20.8 Å². The van der Waals surface area contributed by atoms with E-state index in [0.29, 0.717) is 11.4 Å². The van der Waals surface area contributed by atoms with Crippen molar-refractivity contribution >= 4 is 23.4 Å². The van der Waals surface area contributed by atoms with Crippen LogP contribution in [-0.2, 0) is 4.79 Å². The number of hydrogen-bond acceptors (Lipinski definition) is 3. The third-order valence-corrected chi connectivity index (χ3v) is 4.29. The molecule has 2 aromatic rings. The molecule has 2 aromatic carbocycles. The summed E-state index contributed by atoms with van der Waals surface area (Å²) in [5.41, 5.74) is 3.75. The van der Waals surface area contributed by atoms with Crippen LogP contribution < -0.4 is 5.32 Å². The molecule has 21 heavy (non-hydrogen) atoms. The predicted octanol–water partition coefficient (Wildman–Crippen LogP) is 4.05. The number of rotatable bonds is 4. The van der Waals surface area contributed by atoms with Gasteiger partial charge in [-0.1, -0.05) is 23.8 Å². The van der Waals surface area contributed by atoms with Crippen molar-refractivity contribution in [2.45, 2.75) is 25.7 Å². The van der Waals surface area contributed by atoms with Gasteiger partial charge in [-0.3, -0.25) is 4.79 Å². The van der Waals surface area contributed by atoms with Gasteiger partial charge in [-0.05, 0) is 50.1 Å². The quantitative estimate of drug-likeness (QED) is 0.661. The molecule has 0 radical (unpaired) electrons. The smallest absolute Gasteiger partial charge is 0.234 e. The van der Waals surface area contributed by atoms with Gasteiger partial charge in [0.05, 0.1) is 11.4 Å². The Balaban J connectivity index is 1.97. The zero-order valence-corrected chi connectivity index (χ0v) is 13.3. The van der Waals surface area contributed by atoms with Gasteiger partial charge in [-0.25, -0.2) is 0 Å². The molecule has 0 aromatic heterocycles. The number of phenolic OH excluding ortho intramolecular Hbond substituents is 1. The number of carbonyl (C=O) groups is 1. The summed E-state index contributed by atoms with van der Waals surface area (Å²) in [4.78, 5) is 13.1. The minimum Gasteiger partial charge on any atom is -0.506 e. The number of carbonyl (C=O) groups excluding carboxylic acids is 1. The largest absolute Gasteiger partial charge is 0.506 e. The zero-order valence-electron chi connectivity index (χ0n) is 12.4. The van der Waals surface area contributed by atoms with Crippen molar-refractivity contribution in [2.24, 2.45) is 0 Å². The lowest BCUT2D eigenvalue weighted by Gasteiger charge is -2.09. The maximum Gasteiger partial charge on any atom is 0.234 e. The Labute approximate surface area is 129 Å². The number of nitrogens with one attached hydrogen (secondary N) is 1. The summed E-state index contributed by atoms with van der Waals surface area (Å²) in [7, 11) is 0. The van der Waals surface area contributed by atoms with Crippen molar-refractivity contribution in [1.82, 2.24) is 0 Å². The fourth-order valence-corrected chi connectivity index (χ4v) is 2.86. The topological polar surface area (TPSA) is 49.3 Å². The Morgan fingerprint density at radius 1 is 1.10 bits per heavy atom. The number of thioether (sulfide) groups is 1. The van der Waals surface area contributed by atoms with E-state index in [9.17, 15) is 9.90 Å². The lowest BCUT2D eigenvalue weighted by Crippen LogP contribution is -2.14. The lowest BCUT2D eigenvalue weighted by atomic mass is 10.2. The minimum atomic E-state index is -0.125. The fraction of sp³-hybridized carbons (Fsp3) is 0.235. The van der Waals surface area contributed by atoms with E-state index in [4.69, 9.17) is 0 Å². The molecule has 0 atom stereocenters. The van der Waals surface area contributed by atoms with Gasteiger partial charge in [-0.2, -0.15) is 0 Å². The Morgan fingerprint density at radius 3 is 2.48 bits per heavy atom. The summed E-state index contributed by atoms with van der Waals surface area (Å²) in [6, 6.07) is 11.4. The van der Waals surface area contributed by atoms with Gasteiger partial charge >= 0.3 is 0 Å². The number of phenols is 1. The first-order valence-electron chi connectivity index (χ1n) is 6.75. The summed E-state index contributed by atoms with van der Waals surface area (Å²) < 4.78 is 0. The van der Waals surface area contributed by atoms with Gasteiger partial charge in [0.2, 0.25) is 5.91 Å². The second kappa shape index (κ2) is 6.68. The van der Waals surface area contributed by atoms with Crippen LogP contribution >= 0.6 is 11.8 Å². The summed E-state index contributed by atoms with van der Waals surface area (Å²) in [6.07, 6.45) is 0. The van der Waals surface area contributed by atoms with Crippen LogP contribution in [0.4, 0.5) is 5.69 Å². The van der Waals surface area contributed by atoms with Crippen molar-refractivity contribution in [3.8, 4) is 5.75 Å². The standard InChI is InChI=1S/C17H19NO2S/c1-11-5-7-14(15(19)8-11)18-17(20)10-21-16-9-12(2)4-6-13(16)3/h4-9,19H,10H2,1-3H3,(H,18,20). The van der Waals surface area contributed by atoms with Crippen molar-refractivity contribution in [3.63, 3.8) is 0 Å². The average Bonchev–Trinajstić information content (AvgIpc) is 2.43. The molecule has 0 saturated heterocycles. The number of aromatic hydroxyl groups is 1. The summed E-state index contributed by atoms with van der Waals surface area (Å²) in [5.74, 6) is 0.289. The van der Waals surface area contributed by atoms with E-state index in [1.54, 1.807) is 12.1 Å². The SMILES string of the molecule is Cc1ccc(NC(=O)CSc2cc(C)ccc2C)c(O)c1. The molecule has 110 valence electrons. The first-order valence-corrected chi connectivity index (χ1v) is 7.74. The first kappa shape index (κ1) is 15.4. The molecule has 0 saturated carbocycles. The second-order valence-electron chi connectivity index (χ2n) is 5.13. The molecule has 4 heteroatoms. The average molecular weight is 301 g/mol. The summed E-state index contributed by atoms with van der Waals surface area (Å²) in [6.45, 7) is 5.96. The summed E-state index contributed by atoms with van der Waals surface area (Å²) >= 11 is 1.50. The van der Waals surface area contributed by atoms with Gasteiger partial charge in [0.25, 0.3) is 0 Å². The van der Waals surface area contributed by atoms with Crippen LogP contribution in [0.25, 0.3) is 0 Å². The molecule has 0 heterocycles. The van der Waals surface area contributed by atoms with Crippen LogP contribution in [0.15, 0.2) is 41.3 Å². The lowest BCUT2D eigenvalue weighted by molar-refractivity contribution is -0.113. The normalized spacial score (nSPS) is 10.4. The number of benzene rings is 2. The van der Waals surface area contributed by atoms with Crippen molar-refractivity contribution < 1.29 is 9.90 Å². The van der Waals surface area contributed by atoms with Gasteiger partial charge < -0.3 is 10.4 Å². The van der Waals surface area contributed by atoms with E-state index < -0.39 is 0 Å². The predicted molar refractivity (Wildman–Crippen MR) is 88.1 cm³/mol. The van der Waals surface area contributed by atoms with Crippen molar-refractivity contribution in [1.29, 1.82) is 0 Å². The molecule has 0 aliphatic carbocycles. The fourth-order valence-electron chi connectivity index (χ4n) is 1.94. The number of aryl methyl sites for hydroxylation is 3. The third-order valence-electron chi connectivity index (χ3n) is 3.13. The highest BCUT2D eigenvalue weighted by Crippen LogP contribution is 2.26. The van der Waals surface area contributed by atoms with E-state index in [1.807, 2.05) is 26.8 Å². The molecule has 0 fully saturated rings. The van der Waals surface area contributed by atoms with Gasteiger partial charge in [0.1, 0.15) is 5.75 Å². The summed E-state index contributed by atoms with van der Waals surface area (Å²) in [5, 5.41) is 12.5. The number of anilines is 1. The van der Waals surface area contributed by atoms with Crippen LogP contribution in [-0.4, -0.2) is 16.8 Å². The second-order valence-corrected chi connectivity index (χ2v) is 6.14. The highest BCUT2D eigenvalue weighted by molar-refractivity contribution is 8.00. The highest BCUT2D eigenvalue weighted by Gasteiger charge is 2.08. The molecular formula is C17H19NO2S. The van der Waals surface area contributed by atoms with Crippen LogP contribution in [0.2, 0.25) is 0 Å². The van der Waals surface area contributed by atoms with E-state index in [2.05, 4.69) is 23.5 Å². The Morgan fingerprint density at radius 2 is 1.76 bits per heavy atom. The van der Waals surface area contributed by atoms with Crippen LogP contribution in [0.5, 0.6) is 5.75 Å². The number of amides is 1. The number of hydrogen-bond donors (Lipinski definition) is 2. The van der Waals surface area contributed by atoms with Gasteiger partial charge in [0.15, 0.2) is 0 Å². The molecule has 0 bridgehead atoms. The Bertz CT molecular complexity index is 668. The molecule has 0 unspecified atom stereocenters. The molecule has 2 N–H and O–H groups in total. The monoisotopic (exact) mass is 301 g/mol. The molecular weight excluding hydrogens is 282 g/mol. The van der Waals surface area contributed by atoms with Crippen molar-refractivity contribution in [2.75, 3.05) is 11.1 Å². The van der Waals surface area contributed by atoms with Crippen molar-refractivity contribution in [3.05, 3.63) is 53.1 Å². The third kappa shape index (κ3) is 4.26. The molecule has 0 aliphatic rings. The van der Waals surface area contributed by atoms with Crippen LogP contribution in [0.1, 0.15) is 16.7 Å². The van der Waals surface area contributed by atoms with E-state index in [0.717, 1.165) is 16.0 Å². The minimum absolute atomic E-state index is 0.0973. The van der Waals surface area contributed by atoms with Gasteiger partial charge in [-0.15, -0.1) is 11.8 Å². The molecule has 0 aliphatic heterocycles. The van der Waals surface area contributed by atoms with E-state index in [1.165, 1.54) is 17.3 Å². The molecule has 1 amide bonds. The maximum atomic E-state index is 12.0. The molecule has 3 nitrogen and oxygen atoms in total. The van der Waals surface area contributed by atoms with Crippen LogP contribution in [0.3, 0.4) is 0 Å². The first-order chi connectivity index (χ1) is 9.95. The molecule has 2 rings (SSSR count). The Hall–Kier alpha value is -1.94. The zero-order chi connectivity index (χ0) is 15.4. The van der Waals surface area contributed by atoms with E-state index in [-0.39, 0.29) is 11.7 Å².